The fourth-order valence-electron chi connectivity index (χ4n) is 6.51. The first-order valence-corrected chi connectivity index (χ1v) is 11.2. The van der Waals surface area contributed by atoms with Crippen molar-refractivity contribution < 1.29 is 9.53 Å². The largest absolute Gasteiger partial charge is 0.406 e. The lowest BCUT2D eigenvalue weighted by atomic mass is 9.49. The first-order chi connectivity index (χ1) is 14.6. The molecule has 154 valence electrons. The summed E-state index contributed by atoms with van der Waals surface area (Å²) in [6.07, 6.45) is 12.9. The van der Waals surface area contributed by atoms with E-state index in [0.29, 0.717) is 18.1 Å². The van der Waals surface area contributed by atoms with Crippen LogP contribution in [0.25, 0.3) is 6.08 Å². The summed E-state index contributed by atoms with van der Waals surface area (Å²) in [5.74, 6) is 2.71. The number of aliphatic imine (C=N–C) groups is 1. The van der Waals surface area contributed by atoms with Crippen LogP contribution in [-0.4, -0.2) is 21.6 Å². The average molecular weight is 422 g/mol. The average Bonchev–Trinajstić information content (AvgIpc) is 3.30. The van der Waals surface area contributed by atoms with Gasteiger partial charge in [-0.25, -0.2) is 9.79 Å². The first kappa shape index (κ1) is 18.4. The molecule has 4 bridgehead atoms. The predicted octanol–water partition coefficient (Wildman–Crippen LogP) is 5.10. The third kappa shape index (κ3) is 3.11. The SMILES string of the molecule is O=C1OC(C23CC4CC(CC(C4)C2)C3)=N/C1=C/c1cnn(Cc2ccccc2Cl)c1. The highest BCUT2D eigenvalue weighted by atomic mass is 35.5. The van der Waals surface area contributed by atoms with E-state index in [-0.39, 0.29) is 11.4 Å². The summed E-state index contributed by atoms with van der Waals surface area (Å²) in [6, 6.07) is 7.73. The molecule has 2 heterocycles. The standard InChI is InChI=1S/C24H24ClN3O2/c25-20-4-2-1-3-19(20)14-28-13-18(12-26-28)8-21-22(29)30-23(27-21)24-9-15-5-16(10-24)7-17(6-15)11-24/h1-4,8,12-13,15-17H,5-7,9-11,14H2/b21-8+. The van der Waals surface area contributed by atoms with Gasteiger partial charge < -0.3 is 4.74 Å². The van der Waals surface area contributed by atoms with Crippen molar-refractivity contribution in [1.82, 2.24) is 9.78 Å². The molecule has 0 unspecified atom stereocenters. The molecule has 0 spiro atoms. The Morgan fingerprint density at radius 3 is 2.53 bits per heavy atom. The Hall–Kier alpha value is -2.40. The number of benzene rings is 1. The number of carbonyl (C=O) groups is 1. The molecule has 4 fully saturated rings. The van der Waals surface area contributed by atoms with E-state index in [1.165, 1.54) is 19.3 Å². The number of rotatable bonds is 4. The van der Waals surface area contributed by atoms with E-state index < -0.39 is 0 Å². The maximum Gasteiger partial charge on any atom is 0.363 e. The minimum atomic E-state index is -0.334. The van der Waals surface area contributed by atoms with Crippen LogP contribution in [0.5, 0.6) is 0 Å². The lowest BCUT2D eigenvalue weighted by Gasteiger charge is -2.55. The monoisotopic (exact) mass is 421 g/mol. The van der Waals surface area contributed by atoms with E-state index in [0.717, 1.165) is 53.2 Å². The maximum atomic E-state index is 12.6. The second kappa shape index (κ2) is 6.81. The molecule has 2 aromatic rings. The highest BCUT2D eigenvalue weighted by Gasteiger charge is 2.55. The van der Waals surface area contributed by atoms with Gasteiger partial charge in [0, 0.05) is 22.2 Å². The zero-order valence-corrected chi connectivity index (χ0v) is 17.5. The van der Waals surface area contributed by atoms with Crippen LogP contribution in [0.2, 0.25) is 5.02 Å². The summed E-state index contributed by atoms with van der Waals surface area (Å²) in [4.78, 5) is 17.3. The molecule has 1 aromatic carbocycles. The van der Waals surface area contributed by atoms with Crippen LogP contribution in [0.4, 0.5) is 0 Å². The Bertz CT molecular complexity index is 1050. The van der Waals surface area contributed by atoms with Crippen LogP contribution in [0.15, 0.2) is 47.3 Å². The van der Waals surface area contributed by atoms with Gasteiger partial charge in [0.05, 0.1) is 12.7 Å². The zero-order chi connectivity index (χ0) is 20.3. The molecule has 0 N–H and O–H groups in total. The molecule has 4 saturated carbocycles. The Morgan fingerprint density at radius 2 is 1.83 bits per heavy atom. The van der Waals surface area contributed by atoms with Crippen molar-refractivity contribution in [1.29, 1.82) is 0 Å². The van der Waals surface area contributed by atoms with Crippen LogP contribution in [-0.2, 0) is 16.1 Å². The van der Waals surface area contributed by atoms with Gasteiger partial charge in [0.15, 0.2) is 5.70 Å². The second-order valence-electron chi connectivity index (χ2n) is 9.60. The Kier molecular flexibility index (Phi) is 4.17. The number of cyclic esters (lactones) is 1. The number of ether oxygens (including phenoxy) is 1. The van der Waals surface area contributed by atoms with Gasteiger partial charge in [-0.05, 0) is 74.0 Å². The van der Waals surface area contributed by atoms with E-state index in [1.807, 2.05) is 35.1 Å². The summed E-state index contributed by atoms with van der Waals surface area (Å²) in [6.45, 7) is 0.578. The van der Waals surface area contributed by atoms with Crippen LogP contribution in [0, 0.1) is 23.2 Å². The van der Waals surface area contributed by atoms with Crippen molar-refractivity contribution in [3.63, 3.8) is 0 Å². The van der Waals surface area contributed by atoms with Crippen molar-refractivity contribution in [2.45, 2.75) is 45.1 Å². The molecule has 6 heteroatoms. The molecule has 5 nitrogen and oxygen atoms in total. The van der Waals surface area contributed by atoms with Gasteiger partial charge in [0.25, 0.3) is 0 Å². The molecule has 0 atom stereocenters. The maximum absolute atomic E-state index is 12.6. The first-order valence-electron chi connectivity index (χ1n) is 10.9. The second-order valence-corrected chi connectivity index (χ2v) is 10.0. The quantitative estimate of drug-likeness (QED) is 0.510. The number of aromatic nitrogens is 2. The third-order valence-corrected chi connectivity index (χ3v) is 7.73. The van der Waals surface area contributed by atoms with Crippen LogP contribution < -0.4 is 0 Å². The number of nitrogens with zero attached hydrogens (tertiary/aromatic N) is 3. The van der Waals surface area contributed by atoms with Gasteiger partial charge in [-0.3, -0.25) is 4.68 Å². The van der Waals surface area contributed by atoms with Crippen molar-refractivity contribution >= 4 is 29.5 Å². The highest BCUT2D eigenvalue weighted by molar-refractivity contribution is 6.31. The molecule has 0 saturated heterocycles. The molecule has 1 aliphatic heterocycles. The van der Waals surface area contributed by atoms with Crippen molar-refractivity contribution in [3.8, 4) is 0 Å². The van der Waals surface area contributed by atoms with E-state index >= 15 is 0 Å². The lowest BCUT2D eigenvalue weighted by Crippen LogP contribution is -2.50. The van der Waals surface area contributed by atoms with Crippen LogP contribution in [0.1, 0.15) is 49.7 Å². The Morgan fingerprint density at radius 1 is 1.13 bits per heavy atom. The van der Waals surface area contributed by atoms with Gasteiger partial charge in [-0.2, -0.15) is 5.10 Å². The van der Waals surface area contributed by atoms with Crippen LogP contribution >= 0.6 is 11.6 Å². The molecular weight excluding hydrogens is 398 g/mol. The Labute approximate surface area is 180 Å². The molecule has 0 radical (unpaired) electrons. The van der Waals surface area contributed by atoms with E-state index in [4.69, 9.17) is 21.3 Å². The Balaban J connectivity index is 1.24. The summed E-state index contributed by atoms with van der Waals surface area (Å²) in [5.41, 5.74) is 2.22. The topological polar surface area (TPSA) is 56.5 Å². The van der Waals surface area contributed by atoms with Crippen molar-refractivity contribution in [3.05, 3.63) is 58.5 Å². The normalized spacial score (nSPS) is 33.2. The highest BCUT2D eigenvalue weighted by Crippen LogP contribution is 2.61. The number of carbonyl (C=O) groups excluding carboxylic acids is 1. The molecule has 4 aliphatic carbocycles. The lowest BCUT2D eigenvalue weighted by molar-refractivity contribution is -0.131. The smallest absolute Gasteiger partial charge is 0.363 e. The molecule has 30 heavy (non-hydrogen) atoms. The molecule has 5 aliphatic rings. The van der Waals surface area contributed by atoms with Gasteiger partial charge >= 0.3 is 5.97 Å². The number of hydrogen-bond donors (Lipinski definition) is 0. The minimum absolute atomic E-state index is 0.00571. The molecule has 7 rings (SSSR count). The van der Waals surface area contributed by atoms with Crippen LogP contribution in [0.3, 0.4) is 0 Å². The van der Waals surface area contributed by atoms with E-state index in [2.05, 4.69) is 5.10 Å². The van der Waals surface area contributed by atoms with Gasteiger partial charge in [0.1, 0.15) is 0 Å². The summed E-state index contributed by atoms with van der Waals surface area (Å²) >= 11 is 6.25. The zero-order valence-electron chi connectivity index (χ0n) is 16.8. The molecule has 1 aromatic heterocycles. The fourth-order valence-corrected chi connectivity index (χ4v) is 6.70. The predicted molar refractivity (Wildman–Crippen MR) is 115 cm³/mol. The number of hydrogen-bond acceptors (Lipinski definition) is 4. The van der Waals surface area contributed by atoms with Crippen molar-refractivity contribution in [2.24, 2.45) is 28.2 Å². The summed E-state index contributed by atoms with van der Waals surface area (Å²) in [7, 11) is 0. The minimum Gasteiger partial charge on any atom is -0.406 e. The number of esters is 1. The molecular formula is C24H24ClN3O2. The number of halogens is 1. The van der Waals surface area contributed by atoms with Gasteiger partial charge in [-0.1, -0.05) is 29.8 Å². The fraction of sp³-hybridized carbons (Fsp3) is 0.458. The van der Waals surface area contributed by atoms with Gasteiger partial charge in [0.2, 0.25) is 5.90 Å². The third-order valence-electron chi connectivity index (χ3n) is 7.36. The molecule has 0 amide bonds. The van der Waals surface area contributed by atoms with E-state index in [1.54, 1.807) is 12.3 Å². The van der Waals surface area contributed by atoms with Crippen molar-refractivity contribution in [2.75, 3.05) is 0 Å². The summed E-state index contributed by atoms with van der Waals surface area (Å²) in [5, 5.41) is 5.13. The van der Waals surface area contributed by atoms with Gasteiger partial charge in [-0.15, -0.1) is 0 Å². The van der Waals surface area contributed by atoms with E-state index in [9.17, 15) is 4.79 Å². The summed E-state index contributed by atoms with van der Waals surface area (Å²) < 4.78 is 7.56.